The second-order valence-corrected chi connectivity index (χ2v) is 6.71. The summed E-state index contributed by atoms with van der Waals surface area (Å²) in [5.74, 6) is 4.07. The molecule has 0 unspecified atom stereocenters. The first-order valence-corrected chi connectivity index (χ1v) is 8.14. The predicted octanol–water partition coefficient (Wildman–Crippen LogP) is 4.74. The van der Waals surface area contributed by atoms with E-state index in [1.54, 1.807) is 0 Å². The van der Waals surface area contributed by atoms with Crippen LogP contribution in [-0.4, -0.2) is 6.54 Å². The van der Waals surface area contributed by atoms with Gasteiger partial charge in [-0.2, -0.15) is 0 Å². The lowest BCUT2D eigenvalue weighted by Crippen LogP contribution is -2.28. The molecule has 1 heteroatoms. The van der Waals surface area contributed by atoms with Crippen molar-refractivity contribution in [2.45, 2.75) is 65.2 Å². The number of hydrogen-bond acceptors (Lipinski definition) is 1. The number of rotatable bonds is 4. The van der Waals surface area contributed by atoms with Crippen LogP contribution < -0.4 is 5.32 Å². The van der Waals surface area contributed by atoms with Gasteiger partial charge in [-0.05, 0) is 75.3 Å². The molecule has 18 heavy (non-hydrogen) atoms. The van der Waals surface area contributed by atoms with E-state index in [0.29, 0.717) is 0 Å². The zero-order valence-corrected chi connectivity index (χ0v) is 12.3. The smallest absolute Gasteiger partial charge is 0.0169 e. The summed E-state index contributed by atoms with van der Waals surface area (Å²) in [7, 11) is 0. The summed E-state index contributed by atoms with van der Waals surface area (Å²) in [4.78, 5) is 0. The first-order chi connectivity index (χ1) is 8.79. The molecule has 2 aliphatic rings. The van der Waals surface area contributed by atoms with Crippen LogP contribution in [0.15, 0.2) is 12.3 Å². The summed E-state index contributed by atoms with van der Waals surface area (Å²) in [5.41, 5.74) is 0. The van der Waals surface area contributed by atoms with Crippen molar-refractivity contribution >= 4 is 0 Å². The third kappa shape index (κ3) is 4.03. The third-order valence-corrected chi connectivity index (χ3v) is 5.31. The van der Waals surface area contributed by atoms with Gasteiger partial charge in [-0.1, -0.05) is 25.8 Å². The van der Waals surface area contributed by atoms with Crippen LogP contribution in [0.25, 0.3) is 0 Å². The van der Waals surface area contributed by atoms with Crippen molar-refractivity contribution in [2.24, 2.45) is 23.7 Å². The zero-order chi connectivity index (χ0) is 12.8. The summed E-state index contributed by atoms with van der Waals surface area (Å²) in [6.45, 7) is 5.70. The van der Waals surface area contributed by atoms with Crippen molar-refractivity contribution in [2.75, 3.05) is 6.54 Å². The van der Waals surface area contributed by atoms with Crippen molar-refractivity contribution in [1.29, 1.82) is 0 Å². The molecule has 0 aromatic rings. The Balaban J connectivity index is 1.66. The maximum Gasteiger partial charge on any atom is 0.0169 e. The molecular weight excluding hydrogens is 218 g/mol. The second-order valence-electron chi connectivity index (χ2n) is 6.71. The van der Waals surface area contributed by atoms with Gasteiger partial charge >= 0.3 is 0 Å². The Bertz CT molecular complexity index is 242. The molecule has 0 spiro atoms. The average molecular weight is 249 g/mol. The fourth-order valence-corrected chi connectivity index (χ4v) is 3.97. The van der Waals surface area contributed by atoms with Gasteiger partial charge in [-0.15, -0.1) is 0 Å². The Morgan fingerprint density at radius 2 is 1.44 bits per heavy atom. The summed E-state index contributed by atoms with van der Waals surface area (Å²) in [6, 6.07) is 0. The molecule has 0 aliphatic heterocycles. The highest BCUT2D eigenvalue weighted by Gasteiger charge is 2.29. The van der Waals surface area contributed by atoms with Crippen LogP contribution >= 0.6 is 0 Å². The highest BCUT2D eigenvalue weighted by atomic mass is 14.8. The topological polar surface area (TPSA) is 12.0 Å². The fraction of sp³-hybridized carbons (Fsp3) is 0.882. The molecule has 0 amide bonds. The van der Waals surface area contributed by atoms with Gasteiger partial charge in [0.1, 0.15) is 0 Å². The van der Waals surface area contributed by atoms with E-state index < -0.39 is 0 Å². The molecule has 0 aromatic carbocycles. The van der Waals surface area contributed by atoms with Gasteiger partial charge in [0.25, 0.3) is 0 Å². The summed E-state index contributed by atoms with van der Waals surface area (Å²) >= 11 is 0. The van der Waals surface area contributed by atoms with E-state index in [1.807, 2.05) is 0 Å². The second kappa shape index (κ2) is 7.21. The molecule has 1 N–H and O–H groups in total. The van der Waals surface area contributed by atoms with Gasteiger partial charge in [0.2, 0.25) is 0 Å². The lowest BCUT2D eigenvalue weighted by molar-refractivity contribution is 0.150. The number of hydrogen-bond donors (Lipinski definition) is 1. The Morgan fingerprint density at radius 3 is 2.00 bits per heavy atom. The van der Waals surface area contributed by atoms with Gasteiger partial charge in [0.15, 0.2) is 0 Å². The van der Waals surface area contributed by atoms with E-state index >= 15 is 0 Å². The average Bonchev–Trinajstić information content (AvgIpc) is 2.41. The molecule has 2 saturated carbocycles. The predicted molar refractivity (Wildman–Crippen MR) is 79.4 cm³/mol. The first kappa shape index (κ1) is 14.0. The lowest BCUT2D eigenvalue weighted by Gasteiger charge is -2.37. The van der Waals surface area contributed by atoms with E-state index in [9.17, 15) is 0 Å². The molecule has 0 bridgehead atoms. The van der Waals surface area contributed by atoms with E-state index in [1.165, 1.54) is 57.9 Å². The third-order valence-electron chi connectivity index (χ3n) is 5.31. The minimum absolute atomic E-state index is 0.931. The maximum absolute atomic E-state index is 3.42. The van der Waals surface area contributed by atoms with Crippen LogP contribution in [0.3, 0.4) is 0 Å². The highest BCUT2D eigenvalue weighted by Crippen LogP contribution is 2.40. The number of nitrogens with one attached hydrogen (secondary N) is 1. The van der Waals surface area contributed by atoms with Crippen molar-refractivity contribution in [3.05, 3.63) is 12.3 Å². The van der Waals surface area contributed by atoms with Crippen molar-refractivity contribution in [1.82, 2.24) is 5.32 Å². The molecule has 0 heterocycles. The van der Waals surface area contributed by atoms with Gasteiger partial charge in [0.05, 0.1) is 0 Å². The minimum atomic E-state index is 0.931. The van der Waals surface area contributed by atoms with Crippen molar-refractivity contribution in [3.8, 4) is 0 Å². The zero-order valence-electron chi connectivity index (χ0n) is 12.3. The Labute approximate surface area is 113 Å². The van der Waals surface area contributed by atoms with Gasteiger partial charge in [-0.25, -0.2) is 0 Å². The summed E-state index contributed by atoms with van der Waals surface area (Å²) in [6.07, 6.45) is 16.1. The van der Waals surface area contributed by atoms with Gasteiger partial charge in [-0.3, -0.25) is 0 Å². The van der Waals surface area contributed by atoms with Crippen molar-refractivity contribution < 1.29 is 0 Å². The molecule has 0 radical (unpaired) electrons. The van der Waals surface area contributed by atoms with Crippen LogP contribution in [0, 0.1) is 23.7 Å². The standard InChI is InChI=1S/C17H31N/c1-3-12-18-13-15-6-10-17(11-7-15)16-8-4-14(2)5-9-16/h3,12,14-18H,4-11,13H2,1-2H3/b12-3-. The van der Waals surface area contributed by atoms with E-state index in [2.05, 4.69) is 31.4 Å². The molecular formula is C17H31N. The SMILES string of the molecule is C/C=C\NCC1CCC(C2CCC(C)CC2)CC1. The largest absolute Gasteiger partial charge is 0.391 e. The Kier molecular flexibility index (Phi) is 5.59. The molecule has 0 atom stereocenters. The first-order valence-electron chi connectivity index (χ1n) is 8.14. The van der Waals surface area contributed by atoms with Gasteiger partial charge in [0, 0.05) is 6.54 Å². The van der Waals surface area contributed by atoms with E-state index in [0.717, 1.165) is 23.7 Å². The molecule has 2 aliphatic carbocycles. The Hall–Kier alpha value is -0.460. The normalized spacial score (nSPS) is 37.9. The van der Waals surface area contributed by atoms with Crippen molar-refractivity contribution in [3.63, 3.8) is 0 Å². The van der Waals surface area contributed by atoms with E-state index in [-0.39, 0.29) is 0 Å². The maximum atomic E-state index is 3.42. The number of allylic oxidation sites excluding steroid dienone is 1. The van der Waals surface area contributed by atoms with E-state index in [4.69, 9.17) is 0 Å². The molecule has 0 aromatic heterocycles. The fourth-order valence-electron chi connectivity index (χ4n) is 3.97. The molecule has 2 rings (SSSR count). The molecule has 104 valence electrons. The summed E-state index contributed by atoms with van der Waals surface area (Å²) in [5, 5.41) is 3.42. The quantitative estimate of drug-likeness (QED) is 0.758. The summed E-state index contributed by atoms with van der Waals surface area (Å²) < 4.78 is 0. The van der Waals surface area contributed by atoms with Crippen LogP contribution in [0.2, 0.25) is 0 Å². The van der Waals surface area contributed by atoms with Crippen LogP contribution in [0.4, 0.5) is 0 Å². The molecule has 2 fully saturated rings. The van der Waals surface area contributed by atoms with Gasteiger partial charge < -0.3 is 5.32 Å². The molecule has 1 nitrogen and oxygen atoms in total. The lowest BCUT2D eigenvalue weighted by atomic mass is 9.69. The Morgan fingerprint density at radius 1 is 0.889 bits per heavy atom. The van der Waals surface area contributed by atoms with Crippen LogP contribution in [-0.2, 0) is 0 Å². The molecule has 0 saturated heterocycles. The highest BCUT2D eigenvalue weighted by molar-refractivity contribution is 4.83. The van der Waals surface area contributed by atoms with Crippen LogP contribution in [0.1, 0.15) is 65.2 Å². The van der Waals surface area contributed by atoms with Crippen LogP contribution in [0.5, 0.6) is 0 Å². The minimum Gasteiger partial charge on any atom is -0.391 e. The monoisotopic (exact) mass is 249 g/mol.